The largest absolute Gasteiger partial charge is 0.480 e. The standard InChI is InChI=1S/C17H18N2O4S2/c1-2-12(16(22)23)18-14(20)8-9-19-15(21)13(25-17(19)24)10-11-6-4-3-5-7-11/h3-7,10,12H,2,8-9H2,1H3,(H,18,20)(H,22,23)/b13-10+/t12-/m1/s1. The van der Waals surface area contributed by atoms with Crippen molar-refractivity contribution in [3.63, 3.8) is 0 Å². The van der Waals surface area contributed by atoms with Crippen LogP contribution in [0.5, 0.6) is 0 Å². The molecule has 2 amide bonds. The van der Waals surface area contributed by atoms with Gasteiger partial charge in [0.1, 0.15) is 10.4 Å². The highest BCUT2D eigenvalue weighted by molar-refractivity contribution is 8.26. The van der Waals surface area contributed by atoms with Crippen LogP contribution < -0.4 is 5.32 Å². The molecule has 0 aromatic heterocycles. The van der Waals surface area contributed by atoms with Gasteiger partial charge in [-0.15, -0.1) is 0 Å². The normalized spacial score (nSPS) is 17.0. The first-order valence-electron chi connectivity index (χ1n) is 7.75. The van der Waals surface area contributed by atoms with Crippen molar-refractivity contribution in [2.75, 3.05) is 6.54 Å². The van der Waals surface area contributed by atoms with Gasteiger partial charge in [-0.2, -0.15) is 0 Å². The highest BCUT2D eigenvalue weighted by Gasteiger charge is 2.32. The van der Waals surface area contributed by atoms with Gasteiger partial charge in [-0.05, 0) is 18.1 Å². The van der Waals surface area contributed by atoms with Crippen LogP contribution in [-0.2, 0) is 14.4 Å². The van der Waals surface area contributed by atoms with Crippen LogP contribution >= 0.6 is 24.0 Å². The van der Waals surface area contributed by atoms with Crippen LogP contribution in [0.3, 0.4) is 0 Å². The molecule has 0 saturated carbocycles. The zero-order valence-corrected chi connectivity index (χ0v) is 15.2. The summed E-state index contributed by atoms with van der Waals surface area (Å²) in [7, 11) is 0. The number of nitrogens with zero attached hydrogens (tertiary/aromatic N) is 1. The summed E-state index contributed by atoms with van der Waals surface area (Å²) < 4.78 is 0.394. The van der Waals surface area contributed by atoms with Gasteiger partial charge in [0.25, 0.3) is 5.91 Å². The molecule has 6 nitrogen and oxygen atoms in total. The van der Waals surface area contributed by atoms with Crippen LogP contribution in [-0.4, -0.2) is 44.7 Å². The van der Waals surface area contributed by atoms with E-state index in [0.717, 1.165) is 5.56 Å². The minimum Gasteiger partial charge on any atom is -0.480 e. The molecular weight excluding hydrogens is 360 g/mol. The second-order valence-corrected chi connectivity index (χ2v) is 7.04. The van der Waals surface area contributed by atoms with Gasteiger partial charge in [-0.3, -0.25) is 14.5 Å². The molecule has 1 heterocycles. The van der Waals surface area contributed by atoms with Gasteiger partial charge in [0.05, 0.1) is 4.91 Å². The van der Waals surface area contributed by atoms with Gasteiger partial charge in [0.2, 0.25) is 5.91 Å². The SMILES string of the molecule is CC[C@@H](NC(=O)CCN1C(=O)/C(=C\c2ccccc2)SC1=S)C(=O)O. The smallest absolute Gasteiger partial charge is 0.326 e. The van der Waals surface area contributed by atoms with Gasteiger partial charge in [-0.25, -0.2) is 4.79 Å². The number of carboxylic acid groups (broad SMARTS) is 1. The van der Waals surface area contributed by atoms with E-state index in [4.69, 9.17) is 17.3 Å². The molecule has 1 saturated heterocycles. The average Bonchev–Trinajstić information content (AvgIpc) is 2.85. The number of nitrogens with one attached hydrogen (secondary N) is 1. The molecule has 1 aromatic carbocycles. The Balaban J connectivity index is 1.96. The molecule has 0 spiro atoms. The van der Waals surface area contributed by atoms with E-state index in [0.29, 0.717) is 15.6 Å². The first-order chi connectivity index (χ1) is 11.9. The summed E-state index contributed by atoms with van der Waals surface area (Å²) in [5.74, 6) is -1.74. The molecule has 1 fully saturated rings. The van der Waals surface area contributed by atoms with Crippen molar-refractivity contribution < 1.29 is 19.5 Å². The van der Waals surface area contributed by atoms with E-state index >= 15 is 0 Å². The topological polar surface area (TPSA) is 86.7 Å². The zero-order valence-electron chi connectivity index (χ0n) is 13.6. The fourth-order valence-electron chi connectivity index (χ4n) is 2.21. The number of carbonyl (C=O) groups is 3. The molecule has 1 atom stereocenters. The monoisotopic (exact) mass is 378 g/mol. The van der Waals surface area contributed by atoms with Crippen LogP contribution in [0.15, 0.2) is 35.2 Å². The molecule has 1 aliphatic heterocycles. The first kappa shape index (κ1) is 19.1. The minimum atomic E-state index is -1.08. The number of thiocarbonyl (C=S) groups is 1. The zero-order chi connectivity index (χ0) is 18.4. The molecule has 0 unspecified atom stereocenters. The van der Waals surface area contributed by atoms with Crippen LogP contribution in [0.2, 0.25) is 0 Å². The van der Waals surface area contributed by atoms with Crippen molar-refractivity contribution in [3.05, 3.63) is 40.8 Å². The number of hydrogen-bond acceptors (Lipinski definition) is 5. The van der Waals surface area contributed by atoms with Crippen molar-refractivity contribution in [2.45, 2.75) is 25.8 Å². The second-order valence-electron chi connectivity index (χ2n) is 5.36. The Morgan fingerprint density at radius 1 is 1.36 bits per heavy atom. The third-order valence-electron chi connectivity index (χ3n) is 3.57. The molecule has 132 valence electrons. The highest BCUT2D eigenvalue weighted by Crippen LogP contribution is 2.32. The van der Waals surface area contributed by atoms with Gasteiger partial charge < -0.3 is 10.4 Å². The van der Waals surface area contributed by atoms with Gasteiger partial charge in [-0.1, -0.05) is 61.2 Å². The van der Waals surface area contributed by atoms with E-state index in [1.165, 1.54) is 16.7 Å². The summed E-state index contributed by atoms with van der Waals surface area (Å²) in [4.78, 5) is 37.1. The summed E-state index contributed by atoms with van der Waals surface area (Å²) in [5, 5.41) is 11.4. The predicted octanol–water partition coefficient (Wildman–Crippen LogP) is 2.26. The van der Waals surface area contributed by atoms with E-state index in [2.05, 4.69) is 5.32 Å². The van der Waals surface area contributed by atoms with Crippen molar-refractivity contribution in [2.24, 2.45) is 0 Å². The fraction of sp³-hybridized carbons (Fsp3) is 0.294. The number of thioether (sulfide) groups is 1. The lowest BCUT2D eigenvalue weighted by Gasteiger charge is -2.16. The number of carboxylic acids is 1. The summed E-state index contributed by atoms with van der Waals surface area (Å²) in [5.41, 5.74) is 0.896. The van der Waals surface area contributed by atoms with E-state index in [9.17, 15) is 14.4 Å². The van der Waals surface area contributed by atoms with Gasteiger partial charge in [0, 0.05) is 13.0 Å². The Hall–Kier alpha value is -2.19. The lowest BCUT2D eigenvalue weighted by atomic mass is 10.2. The molecule has 0 aliphatic carbocycles. The molecule has 8 heteroatoms. The summed E-state index contributed by atoms with van der Waals surface area (Å²) in [6.07, 6.45) is 2.05. The van der Waals surface area contributed by atoms with Crippen LogP contribution in [0.25, 0.3) is 6.08 Å². The summed E-state index contributed by atoms with van der Waals surface area (Å²) in [6.45, 7) is 1.80. The number of benzene rings is 1. The second kappa shape index (κ2) is 8.77. The maximum absolute atomic E-state index is 12.4. The maximum Gasteiger partial charge on any atom is 0.326 e. The van der Waals surface area contributed by atoms with E-state index < -0.39 is 17.9 Å². The summed E-state index contributed by atoms with van der Waals surface area (Å²) in [6, 6.07) is 8.50. The Morgan fingerprint density at radius 3 is 2.64 bits per heavy atom. The number of carbonyl (C=O) groups excluding carboxylic acids is 2. The lowest BCUT2D eigenvalue weighted by molar-refractivity contribution is -0.142. The number of amides is 2. The first-order valence-corrected chi connectivity index (χ1v) is 8.97. The fourth-order valence-corrected chi connectivity index (χ4v) is 3.52. The van der Waals surface area contributed by atoms with Crippen LogP contribution in [0.4, 0.5) is 0 Å². The van der Waals surface area contributed by atoms with Crippen molar-refractivity contribution in [3.8, 4) is 0 Å². The molecular formula is C17H18N2O4S2. The Morgan fingerprint density at radius 2 is 2.04 bits per heavy atom. The molecule has 2 rings (SSSR count). The van der Waals surface area contributed by atoms with Crippen LogP contribution in [0.1, 0.15) is 25.3 Å². The van der Waals surface area contributed by atoms with E-state index in [1.807, 2.05) is 30.3 Å². The summed E-state index contributed by atoms with van der Waals surface area (Å²) >= 11 is 6.41. The van der Waals surface area contributed by atoms with Crippen molar-refractivity contribution in [1.29, 1.82) is 0 Å². The van der Waals surface area contributed by atoms with Gasteiger partial charge in [0.15, 0.2) is 0 Å². The molecule has 0 radical (unpaired) electrons. The maximum atomic E-state index is 12.4. The quantitative estimate of drug-likeness (QED) is 0.559. The predicted molar refractivity (Wildman–Crippen MR) is 101 cm³/mol. The highest BCUT2D eigenvalue weighted by atomic mass is 32.2. The van der Waals surface area contributed by atoms with Crippen LogP contribution in [0, 0.1) is 0 Å². The number of rotatable bonds is 7. The Labute approximate surface area is 155 Å². The molecule has 1 aliphatic rings. The van der Waals surface area contributed by atoms with E-state index in [-0.39, 0.29) is 18.9 Å². The number of aliphatic carboxylic acids is 1. The van der Waals surface area contributed by atoms with Gasteiger partial charge >= 0.3 is 5.97 Å². The Kier molecular flexibility index (Phi) is 6.72. The van der Waals surface area contributed by atoms with Crippen molar-refractivity contribution >= 4 is 52.2 Å². The molecule has 25 heavy (non-hydrogen) atoms. The molecule has 2 N–H and O–H groups in total. The van der Waals surface area contributed by atoms with Crippen molar-refractivity contribution in [1.82, 2.24) is 10.2 Å². The molecule has 1 aromatic rings. The minimum absolute atomic E-state index is 0.00512. The Bertz CT molecular complexity index is 719. The lowest BCUT2D eigenvalue weighted by Crippen LogP contribution is -2.42. The average molecular weight is 378 g/mol. The number of hydrogen-bond donors (Lipinski definition) is 2. The molecule has 0 bridgehead atoms. The third-order valence-corrected chi connectivity index (χ3v) is 4.95. The third kappa shape index (κ3) is 5.14. The van der Waals surface area contributed by atoms with E-state index in [1.54, 1.807) is 13.0 Å².